The maximum Gasteiger partial charge on any atom is 0.252 e. The lowest BCUT2D eigenvalue weighted by Gasteiger charge is -2.32. The average Bonchev–Trinajstić information content (AvgIpc) is 3.31. The van der Waals surface area contributed by atoms with Gasteiger partial charge < -0.3 is 15.4 Å². The number of hydrogen-bond donors (Lipinski definition) is 2. The molecular formula is C24H26N4O3. The van der Waals surface area contributed by atoms with Gasteiger partial charge in [-0.05, 0) is 30.2 Å². The number of hydrogen-bond acceptors (Lipinski definition) is 4. The zero-order valence-electron chi connectivity index (χ0n) is 17.5. The second kappa shape index (κ2) is 9.04. The first-order valence-corrected chi connectivity index (χ1v) is 10.4. The average molecular weight is 418 g/mol. The van der Waals surface area contributed by atoms with Crippen molar-refractivity contribution in [3.05, 3.63) is 71.5 Å². The molecule has 1 aliphatic rings. The number of aromatic amines is 1. The van der Waals surface area contributed by atoms with Crippen molar-refractivity contribution in [2.45, 2.75) is 32.3 Å². The van der Waals surface area contributed by atoms with Crippen LogP contribution < -0.4 is 10.5 Å². The monoisotopic (exact) mass is 418 g/mol. The molecule has 7 heteroatoms. The Morgan fingerprint density at radius 1 is 1.13 bits per heavy atom. The predicted molar refractivity (Wildman–Crippen MR) is 118 cm³/mol. The molecule has 0 aliphatic carbocycles. The highest BCUT2D eigenvalue weighted by molar-refractivity contribution is 5.97. The van der Waals surface area contributed by atoms with Gasteiger partial charge in [0.2, 0.25) is 5.91 Å². The summed E-state index contributed by atoms with van der Waals surface area (Å²) in [6, 6.07) is 13.4. The zero-order chi connectivity index (χ0) is 21.8. The van der Waals surface area contributed by atoms with E-state index in [2.05, 4.69) is 10.2 Å². The molecule has 3 aromatic rings. The number of ether oxygens (including phenoxy) is 1. The molecule has 1 aliphatic heterocycles. The van der Waals surface area contributed by atoms with Gasteiger partial charge in [0, 0.05) is 37.7 Å². The predicted octanol–water partition coefficient (Wildman–Crippen LogP) is 3.10. The first-order valence-electron chi connectivity index (χ1n) is 10.4. The lowest BCUT2D eigenvalue weighted by molar-refractivity contribution is -0.132. The van der Waals surface area contributed by atoms with Crippen LogP contribution >= 0.6 is 0 Å². The van der Waals surface area contributed by atoms with Gasteiger partial charge in [0.25, 0.3) is 5.91 Å². The van der Waals surface area contributed by atoms with Crippen LogP contribution in [0.2, 0.25) is 0 Å². The third kappa shape index (κ3) is 4.94. The van der Waals surface area contributed by atoms with Crippen molar-refractivity contribution in [3.63, 3.8) is 0 Å². The normalized spacial score (nSPS) is 14.4. The van der Waals surface area contributed by atoms with Crippen LogP contribution in [0.5, 0.6) is 5.75 Å². The summed E-state index contributed by atoms with van der Waals surface area (Å²) in [5.41, 5.74) is 9.85. The molecule has 1 saturated heterocycles. The Morgan fingerprint density at radius 2 is 1.87 bits per heavy atom. The van der Waals surface area contributed by atoms with Gasteiger partial charge in [0.1, 0.15) is 11.9 Å². The van der Waals surface area contributed by atoms with Gasteiger partial charge >= 0.3 is 0 Å². The highest BCUT2D eigenvalue weighted by Gasteiger charge is 2.25. The van der Waals surface area contributed by atoms with Crippen molar-refractivity contribution in [1.29, 1.82) is 0 Å². The standard InChI is InChI=1S/C24H26N4O3/c1-16-2-4-17(5-3-16)12-23(29)28-10-8-20(9-11-28)31-22-7-6-18(13-21(22)24(25)30)19-14-26-27-15-19/h2-7,13-15,20H,8-12H2,1H3,(H2,25,30)(H,26,27). The minimum atomic E-state index is -0.536. The number of amides is 2. The van der Waals surface area contributed by atoms with Crippen LogP contribution in [-0.4, -0.2) is 46.1 Å². The number of piperidine rings is 1. The lowest BCUT2D eigenvalue weighted by Crippen LogP contribution is -2.42. The maximum atomic E-state index is 12.6. The fourth-order valence-electron chi connectivity index (χ4n) is 3.81. The Hall–Kier alpha value is -3.61. The molecule has 7 nitrogen and oxygen atoms in total. The zero-order valence-corrected chi connectivity index (χ0v) is 17.5. The van der Waals surface area contributed by atoms with E-state index in [9.17, 15) is 9.59 Å². The van der Waals surface area contributed by atoms with Crippen molar-refractivity contribution in [3.8, 4) is 16.9 Å². The van der Waals surface area contributed by atoms with Crippen LogP contribution in [0.4, 0.5) is 0 Å². The number of nitrogens with zero attached hydrogens (tertiary/aromatic N) is 2. The fraction of sp³-hybridized carbons (Fsp3) is 0.292. The van der Waals surface area contributed by atoms with Gasteiger partial charge in [-0.15, -0.1) is 0 Å². The molecule has 3 N–H and O–H groups in total. The molecule has 0 unspecified atom stereocenters. The topological polar surface area (TPSA) is 101 Å². The lowest BCUT2D eigenvalue weighted by atomic mass is 10.0. The largest absolute Gasteiger partial charge is 0.489 e. The molecule has 2 amide bonds. The van der Waals surface area contributed by atoms with E-state index in [-0.39, 0.29) is 12.0 Å². The van der Waals surface area contributed by atoms with E-state index in [1.54, 1.807) is 24.5 Å². The van der Waals surface area contributed by atoms with Crippen molar-refractivity contribution in [1.82, 2.24) is 15.1 Å². The molecule has 0 saturated carbocycles. The molecule has 0 radical (unpaired) electrons. The van der Waals surface area contributed by atoms with E-state index in [0.29, 0.717) is 43.7 Å². The van der Waals surface area contributed by atoms with E-state index in [4.69, 9.17) is 10.5 Å². The molecular weight excluding hydrogens is 392 g/mol. The van der Waals surface area contributed by atoms with E-state index >= 15 is 0 Å². The Bertz CT molecular complexity index is 1050. The minimum Gasteiger partial charge on any atom is -0.489 e. The summed E-state index contributed by atoms with van der Waals surface area (Å²) in [6.45, 7) is 3.30. The maximum absolute atomic E-state index is 12.6. The van der Waals surface area contributed by atoms with Crippen molar-refractivity contribution in [2.24, 2.45) is 5.73 Å². The van der Waals surface area contributed by atoms with Gasteiger partial charge in [-0.1, -0.05) is 35.9 Å². The van der Waals surface area contributed by atoms with Gasteiger partial charge in [0.15, 0.2) is 0 Å². The van der Waals surface area contributed by atoms with Crippen molar-refractivity contribution < 1.29 is 14.3 Å². The number of nitrogens with two attached hydrogens (primary N) is 1. The number of primary amides is 1. The van der Waals surface area contributed by atoms with Crippen LogP contribution in [0, 0.1) is 6.92 Å². The number of aryl methyl sites for hydroxylation is 1. The third-order valence-corrected chi connectivity index (χ3v) is 5.64. The number of benzene rings is 2. The molecule has 160 valence electrons. The van der Waals surface area contributed by atoms with Crippen LogP contribution in [0.25, 0.3) is 11.1 Å². The summed E-state index contributed by atoms with van der Waals surface area (Å²) >= 11 is 0. The van der Waals surface area contributed by atoms with Crippen LogP contribution in [0.3, 0.4) is 0 Å². The summed E-state index contributed by atoms with van der Waals surface area (Å²) in [5.74, 6) is 0.0693. The number of carbonyl (C=O) groups is 2. The van der Waals surface area contributed by atoms with Gasteiger partial charge in [0.05, 0.1) is 18.2 Å². The molecule has 31 heavy (non-hydrogen) atoms. The van der Waals surface area contributed by atoms with E-state index in [0.717, 1.165) is 16.7 Å². The second-order valence-corrected chi connectivity index (χ2v) is 7.92. The highest BCUT2D eigenvalue weighted by atomic mass is 16.5. The number of H-pyrrole nitrogens is 1. The molecule has 2 aromatic carbocycles. The van der Waals surface area contributed by atoms with E-state index < -0.39 is 5.91 Å². The molecule has 0 bridgehead atoms. The van der Waals surface area contributed by atoms with Crippen LogP contribution in [0.1, 0.15) is 34.3 Å². The molecule has 2 heterocycles. The Morgan fingerprint density at radius 3 is 2.52 bits per heavy atom. The van der Waals surface area contributed by atoms with Gasteiger partial charge in [-0.25, -0.2) is 0 Å². The summed E-state index contributed by atoms with van der Waals surface area (Å²) < 4.78 is 6.12. The molecule has 4 rings (SSSR count). The number of rotatable bonds is 6. The summed E-state index contributed by atoms with van der Waals surface area (Å²) in [6.07, 6.45) is 5.20. The van der Waals surface area contributed by atoms with Crippen LogP contribution in [-0.2, 0) is 11.2 Å². The van der Waals surface area contributed by atoms with Crippen LogP contribution in [0.15, 0.2) is 54.9 Å². The molecule has 0 atom stereocenters. The number of aromatic nitrogens is 2. The fourth-order valence-corrected chi connectivity index (χ4v) is 3.81. The number of carbonyl (C=O) groups excluding carboxylic acids is 2. The van der Waals surface area contributed by atoms with Gasteiger partial charge in [-0.3, -0.25) is 14.7 Å². The molecule has 1 aromatic heterocycles. The van der Waals surface area contributed by atoms with Crippen molar-refractivity contribution in [2.75, 3.05) is 13.1 Å². The SMILES string of the molecule is Cc1ccc(CC(=O)N2CCC(Oc3ccc(-c4cn[nH]c4)cc3C(N)=O)CC2)cc1. The number of nitrogens with one attached hydrogen (secondary N) is 1. The van der Waals surface area contributed by atoms with Crippen molar-refractivity contribution >= 4 is 11.8 Å². The Kier molecular flexibility index (Phi) is 6.02. The number of likely N-dealkylation sites (tertiary alicyclic amines) is 1. The summed E-state index contributed by atoms with van der Waals surface area (Å²) in [5, 5.41) is 6.69. The Labute approximate surface area is 181 Å². The minimum absolute atomic E-state index is 0.0682. The Balaban J connectivity index is 1.36. The first-order chi connectivity index (χ1) is 15.0. The highest BCUT2D eigenvalue weighted by Crippen LogP contribution is 2.28. The summed E-state index contributed by atoms with van der Waals surface area (Å²) in [4.78, 5) is 26.5. The molecule has 1 fully saturated rings. The third-order valence-electron chi connectivity index (χ3n) is 5.64. The van der Waals surface area contributed by atoms with E-state index in [1.807, 2.05) is 42.2 Å². The van der Waals surface area contributed by atoms with Gasteiger partial charge in [-0.2, -0.15) is 5.10 Å². The second-order valence-electron chi connectivity index (χ2n) is 7.92. The summed E-state index contributed by atoms with van der Waals surface area (Å²) in [7, 11) is 0. The smallest absolute Gasteiger partial charge is 0.252 e. The molecule has 0 spiro atoms. The quantitative estimate of drug-likeness (QED) is 0.642. The van der Waals surface area contributed by atoms with E-state index in [1.165, 1.54) is 5.56 Å². The first kappa shape index (κ1) is 20.7.